The Morgan fingerprint density at radius 2 is 1.51 bits per heavy atom. The average molecular weight is 570 g/mol. The lowest BCUT2D eigenvalue weighted by Crippen LogP contribution is -2.42. The molecule has 39 heavy (non-hydrogen) atoms. The summed E-state index contributed by atoms with van der Waals surface area (Å²) in [6.45, 7) is 1.06. The topological polar surface area (TPSA) is 133 Å². The van der Waals surface area contributed by atoms with E-state index in [-0.39, 0.29) is 22.6 Å². The molecule has 1 aliphatic heterocycles. The van der Waals surface area contributed by atoms with Crippen molar-refractivity contribution >= 4 is 33.5 Å². The van der Waals surface area contributed by atoms with E-state index >= 15 is 0 Å². The number of likely N-dealkylation sites (tertiary alicyclic amines) is 1. The summed E-state index contributed by atoms with van der Waals surface area (Å²) in [6, 6.07) is 11.8. The molecule has 2 aromatic carbocycles. The minimum absolute atomic E-state index is 0.0210. The van der Waals surface area contributed by atoms with E-state index in [0.29, 0.717) is 37.2 Å². The average Bonchev–Trinajstić information content (AvgIpc) is 2.92. The number of amides is 2. The summed E-state index contributed by atoms with van der Waals surface area (Å²) in [6.07, 6.45) is 0.351. The van der Waals surface area contributed by atoms with Gasteiger partial charge in [0.2, 0.25) is 5.91 Å². The lowest BCUT2D eigenvalue weighted by atomic mass is 9.92. The predicted molar refractivity (Wildman–Crippen MR) is 137 cm³/mol. The van der Waals surface area contributed by atoms with Crippen LogP contribution in [0.15, 0.2) is 47.4 Å². The Kier molecular flexibility index (Phi) is 9.59. The van der Waals surface area contributed by atoms with Gasteiger partial charge >= 0.3 is 12.1 Å². The number of carbonyl (C=O) groups is 3. The van der Waals surface area contributed by atoms with Gasteiger partial charge in [-0.05, 0) is 86.1 Å². The van der Waals surface area contributed by atoms with Crippen LogP contribution in [0.2, 0.25) is 0 Å². The first-order valence-electron chi connectivity index (χ1n) is 12.4. The number of rotatable bonds is 5. The lowest BCUT2D eigenvalue weighted by Gasteiger charge is -2.31. The maximum atomic E-state index is 12.8. The highest BCUT2D eigenvalue weighted by atomic mass is 32.2. The zero-order chi connectivity index (χ0) is 28.8. The summed E-state index contributed by atoms with van der Waals surface area (Å²) in [7, 11) is -2.07. The zero-order valence-electron chi connectivity index (χ0n) is 21.3. The molecule has 0 radical (unpaired) electrons. The second-order valence-corrected chi connectivity index (χ2v) is 11.0. The van der Waals surface area contributed by atoms with Crippen LogP contribution >= 0.6 is 0 Å². The van der Waals surface area contributed by atoms with E-state index in [1.165, 1.54) is 5.56 Å². The van der Waals surface area contributed by atoms with Crippen molar-refractivity contribution in [3.05, 3.63) is 59.2 Å². The molecule has 0 bridgehead atoms. The van der Waals surface area contributed by atoms with E-state index in [1.807, 2.05) is 6.07 Å². The number of carboxylic acid groups (broad SMARTS) is 1. The minimum Gasteiger partial charge on any atom is -0.475 e. The molecule has 0 unspecified atom stereocenters. The van der Waals surface area contributed by atoms with Crippen LogP contribution in [0.1, 0.15) is 47.2 Å². The van der Waals surface area contributed by atoms with Gasteiger partial charge in [0.15, 0.2) is 0 Å². The fourth-order valence-electron chi connectivity index (χ4n) is 4.50. The molecule has 1 heterocycles. The normalized spacial score (nSPS) is 15.8. The highest BCUT2D eigenvalue weighted by Crippen LogP contribution is 2.26. The molecule has 2 aromatic rings. The van der Waals surface area contributed by atoms with Gasteiger partial charge in [0.25, 0.3) is 15.9 Å². The van der Waals surface area contributed by atoms with Gasteiger partial charge in [-0.25, -0.2) is 13.2 Å². The number of carboxylic acids is 1. The van der Waals surface area contributed by atoms with Crippen molar-refractivity contribution in [2.45, 2.75) is 49.6 Å². The van der Waals surface area contributed by atoms with Gasteiger partial charge in [-0.1, -0.05) is 6.07 Å². The zero-order valence-corrected chi connectivity index (χ0v) is 22.1. The van der Waals surface area contributed by atoms with Crippen LogP contribution in [0.5, 0.6) is 0 Å². The summed E-state index contributed by atoms with van der Waals surface area (Å²) < 4.78 is 60.0. The molecule has 0 aromatic heterocycles. The molecule has 1 saturated heterocycles. The maximum absolute atomic E-state index is 12.8. The minimum atomic E-state index is -5.08. The van der Waals surface area contributed by atoms with Crippen LogP contribution in [0, 0.1) is 5.92 Å². The number of alkyl halides is 3. The van der Waals surface area contributed by atoms with Gasteiger partial charge < -0.3 is 15.3 Å². The number of aliphatic carboxylic acids is 1. The number of hydrogen-bond donors (Lipinski definition) is 3. The summed E-state index contributed by atoms with van der Waals surface area (Å²) >= 11 is 0. The third-order valence-electron chi connectivity index (χ3n) is 6.66. The predicted octanol–water partition coefficient (Wildman–Crippen LogP) is 3.60. The van der Waals surface area contributed by atoms with E-state index in [0.717, 1.165) is 31.2 Å². The molecule has 0 spiro atoms. The quantitative estimate of drug-likeness (QED) is 0.504. The summed E-state index contributed by atoms with van der Waals surface area (Å²) in [5.74, 6) is -2.89. The Bertz CT molecular complexity index is 1310. The molecular formula is C26H30F3N3O6S. The Balaban J connectivity index is 0.000000532. The number of anilines is 1. The number of benzene rings is 2. The molecule has 3 N–H and O–H groups in total. The number of halogens is 3. The molecular weight excluding hydrogens is 539 g/mol. The Labute approximate surface area is 224 Å². The summed E-state index contributed by atoms with van der Waals surface area (Å²) in [5, 5.41) is 9.79. The fraction of sp³-hybridized carbons (Fsp3) is 0.423. The highest BCUT2D eigenvalue weighted by molar-refractivity contribution is 7.92. The number of piperidine rings is 1. The van der Waals surface area contributed by atoms with E-state index < -0.39 is 22.2 Å². The Morgan fingerprint density at radius 1 is 0.949 bits per heavy atom. The van der Waals surface area contributed by atoms with Gasteiger partial charge in [-0.3, -0.25) is 14.3 Å². The summed E-state index contributed by atoms with van der Waals surface area (Å²) in [4.78, 5) is 35.5. The van der Waals surface area contributed by atoms with E-state index in [1.54, 1.807) is 48.3 Å². The molecule has 13 heteroatoms. The molecule has 2 aliphatic rings. The van der Waals surface area contributed by atoms with Gasteiger partial charge in [0.1, 0.15) is 0 Å². The van der Waals surface area contributed by atoms with Gasteiger partial charge in [0, 0.05) is 37.3 Å². The van der Waals surface area contributed by atoms with Crippen LogP contribution in [0.4, 0.5) is 18.9 Å². The van der Waals surface area contributed by atoms with Crippen molar-refractivity contribution in [2.24, 2.45) is 5.92 Å². The van der Waals surface area contributed by atoms with Gasteiger partial charge in [0.05, 0.1) is 4.90 Å². The number of hydrogen-bond acceptors (Lipinski definition) is 5. The highest BCUT2D eigenvalue weighted by Gasteiger charge is 2.38. The largest absolute Gasteiger partial charge is 0.490 e. The van der Waals surface area contributed by atoms with Crippen LogP contribution in [-0.4, -0.2) is 62.5 Å². The number of nitrogens with one attached hydrogen (secondary N) is 2. The van der Waals surface area contributed by atoms with Crippen molar-refractivity contribution < 1.29 is 41.1 Å². The Hall–Kier alpha value is -3.61. The van der Waals surface area contributed by atoms with E-state index in [2.05, 4.69) is 10.0 Å². The molecule has 212 valence electrons. The number of sulfonamides is 1. The molecule has 9 nitrogen and oxygen atoms in total. The van der Waals surface area contributed by atoms with Crippen LogP contribution < -0.4 is 10.0 Å². The monoisotopic (exact) mass is 569 g/mol. The first-order valence-corrected chi connectivity index (χ1v) is 13.9. The third-order valence-corrected chi connectivity index (χ3v) is 8.04. The Morgan fingerprint density at radius 3 is 2.05 bits per heavy atom. The molecule has 4 rings (SSSR count). The van der Waals surface area contributed by atoms with Crippen molar-refractivity contribution in [3.8, 4) is 0 Å². The number of aryl methyl sites for hydroxylation is 2. The second kappa shape index (κ2) is 12.5. The summed E-state index contributed by atoms with van der Waals surface area (Å²) in [5.41, 5.74) is 3.26. The molecule has 0 atom stereocenters. The van der Waals surface area contributed by atoms with Crippen LogP contribution in [0.3, 0.4) is 0 Å². The smallest absolute Gasteiger partial charge is 0.475 e. The fourth-order valence-corrected chi connectivity index (χ4v) is 5.61. The number of fused-ring (bicyclic) bond motifs is 1. The van der Waals surface area contributed by atoms with Crippen molar-refractivity contribution in [3.63, 3.8) is 0 Å². The molecule has 2 amide bonds. The van der Waals surface area contributed by atoms with E-state index in [9.17, 15) is 31.2 Å². The van der Waals surface area contributed by atoms with Crippen molar-refractivity contribution in [1.82, 2.24) is 10.2 Å². The first-order chi connectivity index (χ1) is 18.3. The number of carbonyl (C=O) groups excluding carboxylic acids is 2. The van der Waals surface area contributed by atoms with E-state index in [4.69, 9.17) is 9.90 Å². The molecule has 0 saturated carbocycles. The van der Waals surface area contributed by atoms with Gasteiger partial charge in [-0.15, -0.1) is 0 Å². The third kappa shape index (κ3) is 7.94. The lowest BCUT2D eigenvalue weighted by molar-refractivity contribution is -0.192. The van der Waals surface area contributed by atoms with Crippen LogP contribution in [-0.2, 0) is 32.5 Å². The maximum Gasteiger partial charge on any atom is 0.490 e. The molecule has 1 fully saturated rings. The first kappa shape index (κ1) is 29.9. The standard InChI is InChI=1S/C24H29N3O4S.C2HF3O2/c1-25-23(28)18-12-14-27(15-13-18)24(29)19-6-9-21(10-7-19)26-32(30,31)22-11-8-17-4-2-3-5-20(17)16-22;3-2(4,5)1(6)7/h6-11,16,18,26H,2-5,12-15H2,1H3,(H,25,28);(H,6,7). The number of nitrogens with zero attached hydrogens (tertiary/aromatic N) is 1. The second-order valence-electron chi connectivity index (χ2n) is 9.30. The molecule has 1 aliphatic carbocycles. The van der Waals surface area contributed by atoms with Crippen molar-refractivity contribution in [1.29, 1.82) is 0 Å². The van der Waals surface area contributed by atoms with Crippen molar-refractivity contribution in [2.75, 3.05) is 24.9 Å². The van der Waals surface area contributed by atoms with Crippen LogP contribution in [0.25, 0.3) is 0 Å². The SMILES string of the molecule is CNC(=O)C1CCN(C(=O)c2ccc(NS(=O)(=O)c3ccc4c(c3)CCCC4)cc2)CC1.O=C(O)C(F)(F)F. The van der Waals surface area contributed by atoms with Gasteiger partial charge in [-0.2, -0.15) is 13.2 Å².